The molecule has 0 radical (unpaired) electrons. The molecule has 4 rings (SSSR count). The summed E-state index contributed by atoms with van der Waals surface area (Å²) in [7, 11) is 0. The Morgan fingerprint density at radius 3 is 2.53 bits per heavy atom. The summed E-state index contributed by atoms with van der Waals surface area (Å²) in [6.45, 7) is 3.13. The van der Waals surface area contributed by atoms with Crippen molar-refractivity contribution in [2.75, 3.05) is 6.61 Å². The van der Waals surface area contributed by atoms with Gasteiger partial charge in [-0.25, -0.2) is 22.7 Å². The number of benzene rings is 2. The molecular weight excluding hydrogens is 438 g/mol. The highest BCUT2D eigenvalue weighted by atomic mass is 19.3. The zero-order valence-electron chi connectivity index (χ0n) is 19.4. The molecule has 1 aliphatic carbocycles. The molecule has 0 aliphatic heterocycles. The Bertz CT molecular complexity index is 1100. The van der Waals surface area contributed by atoms with E-state index >= 15 is 0 Å². The van der Waals surface area contributed by atoms with Crippen LogP contribution in [0.25, 0.3) is 0 Å². The topological polar surface area (TPSA) is 55.3 Å². The van der Waals surface area contributed by atoms with E-state index in [1.807, 2.05) is 42.1 Å². The molecule has 1 fully saturated rings. The predicted octanol–water partition coefficient (Wildman–Crippen LogP) is 4.39. The van der Waals surface area contributed by atoms with E-state index in [1.54, 1.807) is 30.3 Å². The highest BCUT2D eigenvalue weighted by molar-refractivity contribution is 5.81. The number of aliphatic hydroxyl groups is 1. The van der Waals surface area contributed by atoms with Crippen molar-refractivity contribution in [2.45, 2.75) is 57.2 Å². The number of rotatable bonds is 8. The Hall–Kier alpha value is -3.06. The SMILES string of the molecule is Cc1n(CCOC(=O)[C@](O)(c2ccccc2)[C@@H]2CCCC(F)(F)C2)cc[n+]1Cc1ccccc1. The van der Waals surface area contributed by atoms with Gasteiger partial charge in [-0.3, -0.25) is 0 Å². The number of esters is 1. The van der Waals surface area contributed by atoms with Gasteiger partial charge in [0.15, 0.2) is 5.60 Å². The van der Waals surface area contributed by atoms with Gasteiger partial charge in [0.1, 0.15) is 32.1 Å². The molecule has 0 bridgehead atoms. The quantitative estimate of drug-likeness (QED) is 0.393. The summed E-state index contributed by atoms with van der Waals surface area (Å²) in [5, 5.41) is 11.5. The molecule has 3 aromatic rings. The van der Waals surface area contributed by atoms with Gasteiger partial charge in [0, 0.05) is 25.7 Å². The van der Waals surface area contributed by atoms with Crippen LogP contribution in [0.5, 0.6) is 0 Å². The number of alkyl halides is 2. The Kier molecular flexibility index (Phi) is 7.12. The lowest BCUT2D eigenvalue weighted by Gasteiger charge is -2.39. The third-order valence-corrected chi connectivity index (χ3v) is 6.78. The molecule has 1 heterocycles. The molecule has 1 saturated carbocycles. The first-order valence-electron chi connectivity index (χ1n) is 11.7. The third-order valence-electron chi connectivity index (χ3n) is 6.78. The van der Waals surface area contributed by atoms with Crippen LogP contribution in [-0.2, 0) is 28.2 Å². The molecule has 2 aromatic carbocycles. The minimum Gasteiger partial charge on any atom is -0.459 e. The van der Waals surface area contributed by atoms with Crippen molar-refractivity contribution < 1.29 is 28.0 Å². The van der Waals surface area contributed by atoms with Gasteiger partial charge in [-0.2, -0.15) is 0 Å². The van der Waals surface area contributed by atoms with Gasteiger partial charge in [0.25, 0.3) is 5.82 Å². The lowest BCUT2D eigenvalue weighted by molar-refractivity contribution is -0.694. The first kappa shape index (κ1) is 24.1. The summed E-state index contributed by atoms with van der Waals surface area (Å²) in [4.78, 5) is 13.2. The minimum absolute atomic E-state index is 0.0257. The van der Waals surface area contributed by atoms with Crippen molar-refractivity contribution >= 4 is 5.97 Å². The number of nitrogens with zero attached hydrogens (tertiary/aromatic N) is 2. The first-order chi connectivity index (χ1) is 16.3. The molecule has 34 heavy (non-hydrogen) atoms. The molecule has 0 spiro atoms. The number of halogens is 2. The third kappa shape index (κ3) is 5.20. The average molecular weight is 470 g/mol. The molecule has 5 nitrogen and oxygen atoms in total. The molecule has 2 atom stereocenters. The van der Waals surface area contributed by atoms with E-state index in [9.17, 15) is 18.7 Å². The largest absolute Gasteiger partial charge is 0.459 e. The zero-order chi connectivity index (χ0) is 24.2. The maximum absolute atomic E-state index is 14.2. The van der Waals surface area contributed by atoms with Crippen LogP contribution >= 0.6 is 0 Å². The van der Waals surface area contributed by atoms with Crippen LogP contribution in [0.1, 0.15) is 42.6 Å². The van der Waals surface area contributed by atoms with E-state index in [0.29, 0.717) is 18.5 Å². The second-order valence-corrected chi connectivity index (χ2v) is 9.07. The summed E-state index contributed by atoms with van der Waals surface area (Å²) >= 11 is 0. The highest BCUT2D eigenvalue weighted by Gasteiger charge is 2.52. The molecule has 180 valence electrons. The van der Waals surface area contributed by atoms with Gasteiger partial charge in [-0.05, 0) is 24.0 Å². The fourth-order valence-corrected chi connectivity index (χ4v) is 4.81. The Morgan fingerprint density at radius 2 is 1.85 bits per heavy atom. The van der Waals surface area contributed by atoms with E-state index in [1.165, 1.54) is 5.56 Å². The van der Waals surface area contributed by atoms with E-state index in [2.05, 4.69) is 16.7 Å². The van der Waals surface area contributed by atoms with Gasteiger partial charge >= 0.3 is 5.97 Å². The van der Waals surface area contributed by atoms with Crippen molar-refractivity contribution in [3.05, 3.63) is 90.0 Å². The second-order valence-electron chi connectivity index (χ2n) is 9.07. The normalized spacial score (nSPS) is 19.4. The van der Waals surface area contributed by atoms with Gasteiger partial charge in [0.2, 0.25) is 5.92 Å². The van der Waals surface area contributed by atoms with Crippen LogP contribution < -0.4 is 4.57 Å². The molecule has 1 N–H and O–H groups in total. The number of aromatic nitrogens is 2. The van der Waals surface area contributed by atoms with Crippen molar-refractivity contribution in [3.8, 4) is 0 Å². The van der Waals surface area contributed by atoms with Crippen molar-refractivity contribution in [1.29, 1.82) is 0 Å². The van der Waals surface area contributed by atoms with Crippen LogP contribution in [0.15, 0.2) is 73.1 Å². The Morgan fingerprint density at radius 1 is 1.18 bits per heavy atom. The molecule has 1 aromatic heterocycles. The fourth-order valence-electron chi connectivity index (χ4n) is 4.81. The van der Waals surface area contributed by atoms with Crippen LogP contribution in [-0.4, -0.2) is 28.2 Å². The van der Waals surface area contributed by atoms with Crippen molar-refractivity contribution in [3.63, 3.8) is 0 Å². The van der Waals surface area contributed by atoms with E-state index in [4.69, 9.17) is 4.74 Å². The van der Waals surface area contributed by atoms with Crippen LogP contribution in [0.3, 0.4) is 0 Å². The molecule has 0 amide bonds. The summed E-state index contributed by atoms with van der Waals surface area (Å²) < 4.78 is 37.9. The predicted molar refractivity (Wildman–Crippen MR) is 123 cm³/mol. The standard InChI is InChI=1S/C27H31F2N2O3/c1-21-30(15-16-31(21)20-22-9-4-2-5-10-22)17-18-34-25(32)27(33,23-11-6-3-7-12-23)24-13-8-14-26(28,29)19-24/h2-7,9-12,15-16,24,33H,8,13-14,17-20H2,1H3/q+1/t24-,27+/m1/s1. The zero-order valence-corrected chi connectivity index (χ0v) is 19.4. The van der Waals surface area contributed by atoms with E-state index in [-0.39, 0.29) is 19.4 Å². The van der Waals surface area contributed by atoms with Crippen LogP contribution in [0, 0.1) is 12.8 Å². The summed E-state index contributed by atoms with van der Waals surface area (Å²) in [5.41, 5.74) is -0.637. The number of ether oxygens (including phenoxy) is 1. The lowest BCUT2D eigenvalue weighted by atomic mass is 9.72. The summed E-state index contributed by atoms with van der Waals surface area (Å²) in [5.74, 6) is -3.69. The maximum Gasteiger partial charge on any atom is 0.343 e. The van der Waals surface area contributed by atoms with E-state index in [0.717, 1.165) is 12.4 Å². The van der Waals surface area contributed by atoms with Crippen LogP contribution in [0.2, 0.25) is 0 Å². The van der Waals surface area contributed by atoms with Gasteiger partial charge in [0.05, 0.1) is 0 Å². The molecule has 0 saturated heterocycles. The van der Waals surface area contributed by atoms with Crippen LogP contribution in [0.4, 0.5) is 8.78 Å². The van der Waals surface area contributed by atoms with Gasteiger partial charge in [-0.1, -0.05) is 60.7 Å². The highest BCUT2D eigenvalue weighted by Crippen LogP contribution is 2.45. The fraction of sp³-hybridized carbons (Fsp3) is 0.407. The molecular formula is C27H31F2N2O3+. The number of imidazole rings is 1. The maximum atomic E-state index is 14.2. The number of hydrogen-bond acceptors (Lipinski definition) is 3. The van der Waals surface area contributed by atoms with E-state index < -0.39 is 29.8 Å². The smallest absolute Gasteiger partial charge is 0.343 e. The Balaban J connectivity index is 1.45. The lowest BCUT2D eigenvalue weighted by Crippen LogP contribution is -2.48. The summed E-state index contributed by atoms with van der Waals surface area (Å²) in [6.07, 6.45) is 3.71. The second kappa shape index (κ2) is 10.1. The minimum atomic E-state index is -2.90. The number of carbonyl (C=O) groups excluding carboxylic acids is 1. The molecule has 7 heteroatoms. The Labute approximate surface area is 198 Å². The summed E-state index contributed by atoms with van der Waals surface area (Å²) in [6, 6.07) is 18.4. The first-order valence-corrected chi connectivity index (χ1v) is 11.7. The van der Waals surface area contributed by atoms with Crippen molar-refractivity contribution in [1.82, 2.24) is 4.57 Å². The number of hydrogen-bond donors (Lipinski definition) is 1. The van der Waals surface area contributed by atoms with Gasteiger partial charge < -0.3 is 9.84 Å². The monoisotopic (exact) mass is 469 g/mol. The number of carbonyl (C=O) groups is 1. The van der Waals surface area contributed by atoms with Crippen molar-refractivity contribution in [2.24, 2.45) is 5.92 Å². The molecule has 1 aliphatic rings. The van der Waals surface area contributed by atoms with Gasteiger partial charge in [-0.15, -0.1) is 0 Å². The molecule has 0 unspecified atom stereocenters. The average Bonchev–Trinajstić information content (AvgIpc) is 3.18.